The summed E-state index contributed by atoms with van der Waals surface area (Å²) in [6.07, 6.45) is 1.50. The highest BCUT2D eigenvalue weighted by Crippen LogP contribution is 2.33. The van der Waals surface area contributed by atoms with E-state index < -0.39 is 11.9 Å². The van der Waals surface area contributed by atoms with E-state index in [1.165, 1.54) is 26.4 Å². The molecule has 0 atom stereocenters. The zero-order valence-corrected chi connectivity index (χ0v) is 17.4. The number of hydrogen-bond acceptors (Lipinski definition) is 5. The molecule has 160 valence electrons. The number of carboxylic acid groups (broad SMARTS) is 1. The number of carboxylic acids is 1. The summed E-state index contributed by atoms with van der Waals surface area (Å²) in [6, 6.07) is 9.04. The van der Waals surface area contributed by atoms with Crippen LogP contribution in [0.15, 0.2) is 36.4 Å². The highest BCUT2D eigenvalue weighted by molar-refractivity contribution is 6.08. The van der Waals surface area contributed by atoms with E-state index in [-0.39, 0.29) is 34.6 Å². The van der Waals surface area contributed by atoms with E-state index in [4.69, 9.17) is 9.47 Å². The minimum absolute atomic E-state index is 0.0615. The summed E-state index contributed by atoms with van der Waals surface area (Å²) < 4.78 is 10.3. The number of aromatic carboxylic acids is 1. The summed E-state index contributed by atoms with van der Waals surface area (Å²) in [4.78, 5) is 36.4. The minimum Gasteiger partial charge on any atom is -0.493 e. The van der Waals surface area contributed by atoms with E-state index in [2.05, 4.69) is 10.6 Å². The van der Waals surface area contributed by atoms with Gasteiger partial charge in [-0.15, -0.1) is 0 Å². The van der Waals surface area contributed by atoms with E-state index in [0.717, 1.165) is 12.8 Å². The fourth-order valence-corrected chi connectivity index (χ4v) is 2.96. The van der Waals surface area contributed by atoms with E-state index in [0.29, 0.717) is 11.3 Å². The quantitative estimate of drug-likeness (QED) is 0.571. The molecule has 2 aromatic rings. The fraction of sp³-hybridized carbons (Fsp3) is 0.318. The molecule has 30 heavy (non-hydrogen) atoms. The Bertz CT molecular complexity index is 920. The van der Waals surface area contributed by atoms with Crippen LogP contribution in [0.5, 0.6) is 11.5 Å². The second-order valence-corrected chi connectivity index (χ2v) is 6.59. The van der Waals surface area contributed by atoms with Crippen molar-refractivity contribution in [3.05, 3.63) is 47.5 Å². The van der Waals surface area contributed by atoms with Crippen LogP contribution in [0.1, 0.15) is 47.4 Å². The molecule has 0 aromatic heterocycles. The van der Waals surface area contributed by atoms with E-state index in [1.807, 2.05) is 13.8 Å². The summed E-state index contributed by atoms with van der Waals surface area (Å²) in [7, 11) is 2.81. The second-order valence-electron chi connectivity index (χ2n) is 6.59. The molecule has 3 N–H and O–H groups in total. The molecule has 8 nitrogen and oxygen atoms in total. The predicted molar refractivity (Wildman–Crippen MR) is 114 cm³/mol. The summed E-state index contributed by atoms with van der Waals surface area (Å²) in [5, 5.41) is 14.9. The zero-order valence-electron chi connectivity index (χ0n) is 17.4. The number of carbonyl (C=O) groups is 3. The van der Waals surface area contributed by atoms with Crippen LogP contribution in [0.4, 0.5) is 11.4 Å². The highest BCUT2D eigenvalue weighted by Gasteiger charge is 2.19. The van der Waals surface area contributed by atoms with Gasteiger partial charge in [-0.3, -0.25) is 9.59 Å². The molecule has 0 fully saturated rings. The lowest BCUT2D eigenvalue weighted by molar-refractivity contribution is -0.120. The van der Waals surface area contributed by atoms with Gasteiger partial charge in [-0.05, 0) is 37.1 Å². The Morgan fingerprint density at radius 1 is 0.933 bits per heavy atom. The summed E-state index contributed by atoms with van der Waals surface area (Å²) in [6.45, 7) is 3.92. The van der Waals surface area contributed by atoms with Gasteiger partial charge in [0.2, 0.25) is 5.91 Å². The van der Waals surface area contributed by atoms with Gasteiger partial charge in [0.1, 0.15) is 0 Å². The summed E-state index contributed by atoms with van der Waals surface area (Å²) >= 11 is 0. The van der Waals surface area contributed by atoms with Gasteiger partial charge in [-0.1, -0.05) is 13.8 Å². The first-order valence-electron chi connectivity index (χ1n) is 9.56. The number of amides is 2. The third-order valence-electron chi connectivity index (χ3n) is 4.77. The van der Waals surface area contributed by atoms with Gasteiger partial charge in [0, 0.05) is 29.3 Å². The first kappa shape index (κ1) is 22.7. The van der Waals surface area contributed by atoms with Crippen LogP contribution in [-0.4, -0.2) is 37.1 Å². The maximum atomic E-state index is 12.6. The van der Waals surface area contributed by atoms with Crippen molar-refractivity contribution in [2.24, 2.45) is 5.92 Å². The molecule has 0 saturated heterocycles. The maximum absolute atomic E-state index is 12.6. The molecule has 2 amide bonds. The zero-order chi connectivity index (χ0) is 22.3. The number of rotatable bonds is 9. The highest BCUT2D eigenvalue weighted by atomic mass is 16.5. The summed E-state index contributed by atoms with van der Waals surface area (Å²) in [5.41, 5.74) is 0.841. The molecule has 0 aliphatic rings. The number of benzene rings is 2. The molecule has 2 aromatic carbocycles. The van der Waals surface area contributed by atoms with E-state index in [9.17, 15) is 19.5 Å². The van der Waals surface area contributed by atoms with Crippen LogP contribution < -0.4 is 20.1 Å². The van der Waals surface area contributed by atoms with Crippen LogP contribution in [0.2, 0.25) is 0 Å². The van der Waals surface area contributed by atoms with Crippen molar-refractivity contribution in [3.63, 3.8) is 0 Å². The molecular weight excluding hydrogens is 388 g/mol. The first-order valence-corrected chi connectivity index (χ1v) is 9.56. The molecule has 0 spiro atoms. The van der Waals surface area contributed by atoms with Crippen molar-refractivity contribution in [1.29, 1.82) is 0 Å². The van der Waals surface area contributed by atoms with Crippen LogP contribution in [0, 0.1) is 5.92 Å². The smallest absolute Gasteiger partial charge is 0.337 e. The predicted octanol–water partition coefficient (Wildman–Crippen LogP) is 4.03. The number of anilines is 2. The van der Waals surface area contributed by atoms with Gasteiger partial charge in [-0.2, -0.15) is 0 Å². The number of hydrogen-bond donors (Lipinski definition) is 3. The normalized spacial score (nSPS) is 10.4. The molecule has 0 aliphatic carbocycles. The fourth-order valence-electron chi connectivity index (χ4n) is 2.96. The van der Waals surface area contributed by atoms with Crippen molar-refractivity contribution >= 4 is 29.2 Å². The Balaban J connectivity index is 2.20. The van der Waals surface area contributed by atoms with Gasteiger partial charge in [-0.25, -0.2) is 4.79 Å². The first-order chi connectivity index (χ1) is 14.3. The second kappa shape index (κ2) is 10.3. The van der Waals surface area contributed by atoms with E-state index >= 15 is 0 Å². The number of nitrogens with one attached hydrogen (secondary N) is 2. The lowest BCUT2D eigenvalue weighted by atomic mass is 10.0. The standard InChI is InChI=1S/C22H26N2O6/c1-5-13(6-2)20(25)23-15-9-7-14(8-10-15)21(26)24-17-12-19(30-4)18(29-3)11-16(17)22(27)28/h7-13H,5-6H2,1-4H3,(H,23,25)(H,24,26)(H,27,28). The van der Waals surface area contributed by atoms with Crippen molar-refractivity contribution in [2.45, 2.75) is 26.7 Å². The van der Waals surface area contributed by atoms with Crippen molar-refractivity contribution in [1.82, 2.24) is 0 Å². The van der Waals surface area contributed by atoms with Crippen LogP contribution in [0.25, 0.3) is 0 Å². The Labute approximate surface area is 175 Å². The molecule has 0 aliphatic heterocycles. The van der Waals surface area contributed by atoms with Crippen molar-refractivity contribution in [3.8, 4) is 11.5 Å². The summed E-state index contributed by atoms with van der Waals surface area (Å²) in [5.74, 6) is -1.31. The topological polar surface area (TPSA) is 114 Å². The monoisotopic (exact) mass is 414 g/mol. The van der Waals surface area contributed by atoms with Crippen molar-refractivity contribution < 1.29 is 29.0 Å². The average Bonchev–Trinajstić information content (AvgIpc) is 2.74. The molecule has 0 unspecified atom stereocenters. The molecule has 8 heteroatoms. The molecule has 0 bridgehead atoms. The van der Waals surface area contributed by atoms with Gasteiger partial charge >= 0.3 is 5.97 Å². The molecule has 2 rings (SSSR count). The molecule has 0 saturated carbocycles. The largest absolute Gasteiger partial charge is 0.493 e. The van der Waals surface area contributed by atoms with Gasteiger partial charge in [0.15, 0.2) is 11.5 Å². The molecular formula is C22H26N2O6. The van der Waals surface area contributed by atoms with Gasteiger partial charge in [0.05, 0.1) is 25.5 Å². The lowest BCUT2D eigenvalue weighted by Gasteiger charge is -2.14. The average molecular weight is 414 g/mol. The lowest BCUT2D eigenvalue weighted by Crippen LogP contribution is -2.21. The minimum atomic E-state index is -1.22. The number of methoxy groups -OCH3 is 2. The van der Waals surface area contributed by atoms with Crippen LogP contribution in [0.3, 0.4) is 0 Å². The number of ether oxygens (including phenoxy) is 2. The van der Waals surface area contributed by atoms with Crippen LogP contribution >= 0.6 is 0 Å². The van der Waals surface area contributed by atoms with Gasteiger partial charge < -0.3 is 25.2 Å². The van der Waals surface area contributed by atoms with Crippen molar-refractivity contribution in [2.75, 3.05) is 24.9 Å². The Morgan fingerprint density at radius 2 is 1.50 bits per heavy atom. The Hall–Kier alpha value is -3.55. The third kappa shape index (κ3) is 5.28. The molecule has 0 radical (unpaired) electrons. The third-order valence-corrected chi connectivity index (χ3v) is 4.77. The Morgan fingerprint density at radius 3 is 2.00 bits per heavy atom. The van der Waals surface area contributed by atoms with Gasteiger partial charge in [0.25, 0.3) is 5.91 Å². The number of carbonyl (C=O) groups excluding carboxylic acids is 2. The maximum Gasteiger partial charge on any atom is 0.337 e. The molecule has 0 heterocycles. The SMILES string of the molecule is CCC(CC)C(=O)Nc1ccc(C(=O)Nc2cc(OC)c(OC)cc2C(=O)O)cc1. The van der Waals surface area contributed by atoms with E-state index in [1.54, 1.807) is 24.3 Å². The Kier molecular flexibility index (Phi) is 7.80. The van der Waals surface area contributed by atoms with Crippen LogP contribution in [-0.2, 0) is 4.79 Å².